The molecule has 1 aliphatic carbocycles. The van der Waals surface area contributed by atoms with E-state index >= 15 is 0 Å². The largest absolute Gasteiger partial charge is 0.346 e. The van der Waals surface area contributed by atoms with Crippen LogP contribution in [0.4, 0.5) is 4.79 Å². The van der Waals surface area contributed by atoms with Gasteiger partial charge in [0.15, 0.2) is 0 Å². The Kier molecular flexibility index (Phi) is 4.01. The van der Waals surface area contributed by atoms with Gasteiger partial charge in [-0.05, 0) is 30.7 Å². The predicted molar refractivity (Wildman–Crippen MR) is 106 cm³/mol. The molecule has 3 aromatic heterocycles. The monoisotopic (exact) mass is 390 g/mol. The van der Waals surface area contributed by atoms with Gasteiger partial charge in [-0.2, -0.15) is 10.4 Å². The zero-order valence-electron chi connectivity index (χ0n) is 16.2. The van der Waals surface area contributed by atoms with Crippen LogP contribution >= 0.6 is 0 Å². The second-order valence-electron chi connectivity index (χ2n) is 8.08. The first-order chi connectivity index (χ1) is 14.1. The number of nitrogens with zero attached hydrogens (tertiary/aromatic N) is 6. The highest BCUT2D eigenvalue weighted by Gasteiger charge is 2.51. The van der Waals surface area contributed by atoms with Crippen LogP contribution in [0.15, 0.2) is 31.0 Å². The minimum Gasteiger partial charge on any atom is -0.346 e. The molecule has 148 valence electrons. The lowest BCUT2D eigenvalue weighted by Crippen LogP contribution is -2.39. The third-order valence-corrected chi connectivity index (χ3v) is 6.47. The van der Waals surface area contributed by atoms with Crippen molar-refractivity contribution >= 4 is 17.1 Å². The van der Waals surface area contributed by atoms with Crippen molar-refractivity contribution in [2.24, 2.45) is 11.8 Å². The molecule has 1 saturated carbocycles. The Morgan fingerprint density at radius 2 is 2.17 bits per heavy atom. The Bertz CT molecular complexity index is 1100. The lowest BCUT2D eigenvalue weighted by atomic mass is 9.92. The molecule has 0 aromatic carbocycles. The summed E-state index contributed by atoms with van der Waals surface area (Å²) in [5, 5.41) is 17.9. The van der Waals surface area contributed by atoms with Crippen LogP contribution in [-0.2, 0) is 5.54 Å². The van der Waals surface area contributed by atoms with Crippen LogP contribution in [0.2, 0.25) is 0 Å². The number of likely N-dealkylation sites (tertiary alicyclic amines) is 1. The first-order valence-corrected chi connectivity index (χ1v) is 9.81. The SMILES string of the molecule is CNC(=O)N1C[C@@H]2C[C@](CC#N)(n3cc(-c4ncnc5[nH]ccc45)cn3)C[C@@H]2C1. The topological polar surface area (TPSA) is 116 Å². The van der Waals surface area contributed by atoms with Gasteiger partial charge in [0.1, 0.15) is 12.0 Å². The maximum Gasteiger partial charge on any atom is 0.317 e. The fourth-order valence-electron chi connectivity index (χ4n) is 5.15. The van der Waals surface area contributed by atoms with Gasteiger partial charge in [0, 0.05) is 43.5 Å². The highest BCUT2D eigenvalue weighted by atomic mass is 16.2. The van der Waals surface area contributed by atoms with Crippen LogP contribution in [0.3, 0.4) is 0 Å². The molecule has 2 aliphatic rings. The van der Waals surface area contributed by atoms with E-state index in [1.807, 2.05) is 34.2 Å². The highest BCUT2D eigenvalue weighted by molar-refractivity contribution is 5.90. The summed E-state index contributed by atoms with van der Waals surface area (Å²) >= 11 is 0. The maximum absolute atomic E-state index is 12.0. The molecular formula is C20H22N8O. The number of urea groups is 1. The summed E-state index contributed by atoms with van der Waals surface area (Å²) in [5.74, 6) is 0.785. The molecule has 2 amide bonds. The minimum atomic E-state index is -0.332. The number of hydrogen-bond donors (Lipinski definition) is 2. The zero-order valence-corrected chi connectivity index (χ0v) is 16.2. The van der Waals surface area contributed by atoms with E-state index in [2.05, 4.69) is 31.4 Å². The summed E-state index contributed by atoms with van der Waals surface area (Å²) in [5.41, 5.74) is 2.21. The van der Waals surface area contributed by atoms with Crippen LogP contribution in [0.25, 0.3) is 22.3 Å². The quantitative estimate of drug-likeness (QED) is 0.711. The fraction of sp³-hybridized carbons (Fsp3) is 0.450. The summed E-state index contributed by atoms with van der Waals surface area (Å²) < 4.78 is 1.97. The van der Waals surface area contributed by atoms with Gasteiger partial charge in [0.2, 0.25) is 0 Å². The predicted octanol–water partition coefficient (Wildman–Crippen LogP) is 2.11. The Morgan fingerprint density at radius 1 is 1.38 bits per heavy atom. The molecule has 9 nitrogen and oxygen atoms in total. The number of amides is 2. The van der Waals surface area contributed by atoms with E-state index in [4.69, 9.17) is 0 Å². The Balaban J connectivity index is 1.45. The Hall–Kier alpha value is -3.41. The standard InChI is InChI=1S/C20H22N8O/c1-22-19(29)27-9-13-6-20(3-4-21,7-14(13)10-27)28-11-15(8-26-28)17-16-2-5-23-18(16)25-12-24-17/h2,5,8,11-14H,3,6-7,9-10H2,1H3,(H,22,29)(H,23,24,25)/t13-,14+,20-. The van der Waals surface area contributed by atoms with Gasteiger partial charge >= 0.3 is 6.03 Å². The first-order valence-electron chi connectivity index (χ1n) is 9.81. The summed E-state index contributed by atoms with van der Waals surface area (Å²) in [6, 6.07) is 4.31. The third-order valence-electron chi connectivity index (χ3n) is 6.47. The average molecular weight is 390 g/mol. The molecule has 0 unspecified atom stereocenters. The molecule has 0 bridgehead atoms. The maximum atomic E-state index is 12.0. The second-order valence-corrected chi connectivity index (χ2v) is 8.08. The van der Waals surface area contributed by atoms with E-state index in [0.29, 0.717) is 18.3 Å². The Morgan fingerprint density at radius 3 is 2.90 bits per heavy atom. The van der Waals surface area contributed by atoms with Crippen LogP contribution < -0.4 is 5.32 Å². The third kappa shape index (κ3) is 2.75. The average Bonchev–Trinajstić information content (AvgIpc) is 3.48. The number of nitriles is 1. The van der Waals surface area contributed by atoms with Crippen molar-refractivity contribution in [2.45, 2.75) is 24.8 Å². The number of carbonyl (C=O) groups excluding carboxylic acids is 1. The molecular weight excluding hydrogens is 368 g/mol. The van der Waals surface area contributed by atoms with Crippen LogP contribution in [0.1, 0.15) is 19.3 Å². The molecule has 0 spiro atoms. The van der Waals surface area contributed by atoms with Crippen molar-refractivity contribution in [1.82, 2.24) is 34.9 Å². The zero-order chi connectivity index (χ0) is 20.0. The van der Waals surface area contributed by atoms with Gasteiger partial charge in [-0.1, -0.05) is 0 Å². The molecule has 5 rings (SSSR count). The number of H-pyrrole nitrogens is 1. The number of rotatable bonds is 3. The van der Waals surface area contributed by atoms with Crippen molar-refractivity contribution in [3.8, 4) is 17.3 Å². The molecule has 2 fully saturated rings. The van der Waals surface area contributed by atoms with Crippen molar-refractivity contribution in [2.75, 3.05) is 20.1 Å². The van der Waals surface area contributed by atoms with Gasteiger partial charge in [-0.15, -0.1) is 0 Å². The first kappa shape index (κ1) is 17.7. The van der Waals surface area contributed by atoms with E-state index < -0.39 is 0 Å². The molecule has 3 atom stereocenters. The fourth-order valence-corrected chi connectivity index (χ4v) is 5.15. The van der Waals surface area contributed by atoms with Crippen LogP contribution in [0, 0.1) is 23.2 Å². The van der Waals surface area contributed by atoms with Gasteiger partial charge in [0.05, 0.1) is 29.9 Å². The number of hydrogen-bond acceptors (Lipinski definition) is 5. The number of fused-ring (bicyclic) bond motifs is 2. The molecule has 4 heterocycles. The number of aromatic amines is 1. The van der Waals surface area contributed by atoms with Crippen molar-refractivity contribution < 1.29 is 4.79 Å². The number of nitrogens with one attached hydrogen (secondary N) is 2. The molecule has 3 aromatic rings. The number of carbonyl (C=O) groups is 1. The normalized spacial score (nSPS) is 25.9. The van der Waals surface area contributed by atoms with Gasteiger partial charge in [-0.25, -0.2) is 14.8 Å². The summed E-state index contributed by atoms with van der Waals surface area (Å²) in [4.78, 5) is 25.7. The minimum absolute atomic E-state index is 0.0223. The molecule has 2 N–H and O–H groups in total. The van der Waals surface area contributed by atoms with E-state index in [0.717, 1.165) is 48.2 Å². The highest BCUT2D eigenvalue weighted by Crippen LogP contribution is 2.49. The number of aromatic nitrogens is 5. The molecule has 1 aliphatic heterocycles. The second kappa shape index (κ2) is 6.58. The molecule has 1 saturated heterocycles. The molecule has 29 heavy (non-hydrogen) atoms. The molecule has 9 heteroatoms. The van der Waals surface area contributed by atoms with Crippen molar-refractivity contribution in [3.05, 3.63) is 31.0 Å². The molecule has 0 radical (unpaired) electrons. The summed E-state index contributed by atoms with van der Waals surface area (Å²) in [7, 11) is 1.66. The van der Waals surface area contributed by atoms with Crippen molar-refractivity contribution in [1.29, 1.82) is 5.26 Å². The van der Waals surface area contributed by atoms with E-state index in [1.165, 1.54) is 0 Å². The van der Waals surface area contributed by atoms with Crippen molar-refractivity contribution in [3.63, 3.8) is 0 Å². The lowest BCUT2D eigenvalue weighted by Gasteiger charge is -2.29. The summed E-state index contributed by atoms with van der Waals surface area (Å²) in [6.07, 6.45) is 9.32. The van der Waals surface area contributed by atoms with Gasteiger partial charge in [-0.3, -0.25) is 4.68 Å². The van der Waals surface area contributed by atoms with E-state index in [1.54, 1.807) is 13.4 Å². The van der Waals surface area contributed by atoms with E-state index in [-0.39, 0.29) is 11.6 Å². The summed E-state index contributed by atoms with van der Waals surface area (Å²) in [6.45, 7) is 1.48. The van der Waals surface area contributed by atoms with Gasteiger partial charge in [0.25, 0.3) is 0 Å². The smallest absolute Gasteiger partial charge is 0.317 e. The Labute approximate surface area is 167 Å². The van der Waals surface area contributed by atoms with Gasteiger partial charge < -0.3 is 15.2 Å². The lowest BCUT2D eigenvalue weighted by molar-refractivity contribution is 0.194. The van der Waals surface area contributed by atoms with Crippen LogP contribution in [-0.4, -0.2) is 55.8 Å². The van der Waals surface area contributed by atoms with E-state index in [9.17, 15) is 10.1 Å². The van der Waals surface area contributed by atoms with Crippen LogP contribution in [0.5, 0.6) is 0 Å².